The van der Waals surface area contributed by atoms with E-state index in [9.17, 15) is 14.4 Å². The van der Waals surface area contributed by atoms with Crippen LogP contribution in [-0.2, 0) is 14.4 Å². The highest BCUT2D eigenvalue weighted by Crippen LogP contribution is 2.42. The predicted molar refractivity (Wildman–Crippen MR) is 111 cm³/mol. The van der Waals surface area contributed by atoms with Crippen LogP contribution in [0.5, 0.6) is 0 Å². The van der Waals surface area contributed by atoms with Crippen molar-refractivity contribution in [2.45, 2.75) is 39.0 Å². The molecule has 3 aromatic carbocycles. The SMILES string of the molecule is CC(=O)CC[C@@]1(C(=O)Nc2c3ccccc3cc3ccccc23)CCCC1=O. The molecule has 1 aliphatic rings. The van der Waals surface area contributed by atoms with Crippen molar-refractivity contribution >= 4 is 44.7 Å². The zero-order valence-electron chi connectivity index (χ0n) is 16.0. The predicted octanol–water partition coefficient (Wildman–Crippen LogP) is 5.04. The van der Waals surface area contributed by atoms with Crippen LogP contribution in [-0.4, -0.2) is 17.5 Å². The summed E-state index contributed by atoms with van der Waals surface area (Å²) in [6, 6.07) is 17.9. The Hall–Kier alpha value is -3.01. The summed E-state index contributed by atoms with van der Waals surface area (Å²) in [5.41, 5.74) is -0.357. The van der Waals surface area contributed by atoms with E-state index in [1.54, 1.807) is 0 Å². The summed E-state index contributed by atoms with van der Waals surface area (Å²) in [6.45, 7) is 1.50. The number of hydrogen-bond acceptors (Lipinski definition) is 3. The van der Waals surface area contributed by atoms with Gasteiger partial charge in [0.1, 0.15) is 17.0 Å². The van der Waals surface area contributed by atoms with Gasteiger partial charge in [0.05, 0.1) is 5.69 Å². The molecule has 1 atom stereocenters. The molecule has 1 saturated carbocycles. The highest BCUT2D eigenvalue weighted by atomic mass is 16.2. The molecule has 4 rings (SSSR count). The van der Waals surface area contributed by atoms with Gasteiger partial charge in [0.15, 0.2) is 0 Å². The average Bonchev–Trinajstić information content (AvgIpc) is 3.07. The summed E-state index contributed by atoms with van der Waals surface area (Å²) in [7, 11) is 0. The minimum Gasteiger partial charge on any atom is -0.324 e. The minimum atomic E-state index is -1.09. The molecule has 1 amide bonds. The second kappa shape index (κ2) is 7.19. The maximum Gasteiger partial charge on any atom is 0.238 e. The number of amides is 1. The van der Waals surface area contributed by atoms with Crippen molar-refractivity contribution in [3.8, 4) is 0 Å². The number of fused-ring (bicyclic) bond motifs is 2. The van der Waals surface area contributed by atoms with Gasteiger partial charge in [-0.1, -0.05) is 48.5 Å². The number of carbonyl (C=O) groups is 3. The van der Waals surface area contributed by atoms with Gasteiger partial charge in [0.25, 0.3) is 0 Å². The molecule has 1 N–H and O–H groups in total. The van der Waals surface area contributed by atoms with Crippen LogP contribution in [0.15, 0.2) is 54.6 Å². The van der Waals surface area contributed by atoms with E-state index in [-0.39, 0.29) is 30.3 Å². The third-order valence-corrected chi connectivity index (χ3v) is 5.89. The second-order valence-electron chi connectivity index (χ2n) is 7.71. The first-order valence-corrected chi connectivity index (χ1v) is 9.76. The van der Waals surface area contributed by atoms with Crippen molar-refractivity contribution in [2.24, 2.45) is 5.41 Å². The lowest BCUT2D eigenvalue weighted by molar-refractivity contribution is -0.137. The molecular weight excluding hydrogens is 350 g/mol. The number of ketones is 2. The Bertz CT molecular complexity index is 1050. The number of hydrogen-bond donors (Lipinski definition) is 1. The van der Waals surface area contributed by atoms with Crippen molar-refractivity contribution in [1.29, 1.82) is 0 Å². The molecule has 28 heavy (non-hydrogen) atoms. The van der Waals surface area contributed by atoms with Crippen LogP contribution in [0.4, 0.5) is 5.69 Å². The summed E-state index contributed by atoms with van der Waals surface area (Å²) in [6.07, 6.45) is 2.14. The Morgan fingerprint density at radius 1 is 1.00 bits per heavy atom. The number of rotatable bonds is 5. The molecule has 142 valence electrons. The van der Waals surface area contributed by atoms with E-state index in [4.69, 9.17) is 0 Å². The van der Waals surface area contributed by atoms with E-state index < -0.39 is 5.41 Å². The van der Waals surface area contributed by atoms with E-state index >= 15 is 0 Å². The number of carbonyl (C=O) groups excluding carboxylic acids is 3. The number of benzene rings is 3. The zero-order chi connectivity index (χ0) is 19.7. The Morgan fingerprint density at radius 2 is 1.61 bits per heavy atom. The van der Waals surface area contributed by atoms with Crippen LogP contribution < -0.4 is 5.32 Å². The van der Waals surface area contributed by atoms with E-state index in [1.807, 2.05) is 48.5 Å². The van der Waals surface area contributed by atoms with Crippen LogP contribution in [0.1, 0.15) is 39.0 Å². The quantitative estimate of drug-likeness (QED) is 0.503. The molecule has 4 nitrogen and oxygen atoms in total. The Morgan fingerprint density at radius 3 is 2.14 bits per heavy atom. The van der Waals surface area contributed by atoms with Gasteiger partial charge in [-0.15, -0.1) is 0 Å². The zero-order valence-corrected chi connectivity index (χ0v) is 16.0. The minimum absolute atomic E-state index is 0.00230. The van der Waals surface area contributed by atoms with Crippen LogP contribution in [0, 0.1) is 5.41 Å². The number of anilines is 1. The van der Waals surface area contributed by atoms with Gasteiger partial charge in [0, 0.05) is 23.6 Å². The van der Waals surface area contributed by atoms with Crippen LogP contribution in [0.2, 0.25) is 0 Å². The Kier molecular flexibility index (Phi) is 4.71. The largest absolute Gasteiger partial charge is 0.324 e. The first kappa shape index (κ1) is 18.4. The molecular formula is C24H23NO3. The summed E-state index contributed by atoms with van der Waals surface area (Å²) < 4.78 is 0. The summed E-state index contributed by atoms with van der Waals surface area (Å²) in [5.74, 6) is -0.323. The van der Waals surface area contributed by atoms with Crippen molar-refractivity contribution < 1.29 is 14.4 Å². The first-order chi connectivity index (χ1) is 13.5. The van der Waals surface area contributed by atoms with Crippen LogP contribution in [0.3, 0.4) is 0 Å². The normalized spacial score (nSPS) is 19.2. The van der Waals surface area contributed by atoms with E-state index in [0.717, 1.165) is 27.2 Å². The molecule has 0 bridgehead atoms. The summed E-state index contributed by atoms with van der Waals surface area (Å²) in [4.78, 5) is 37.6. The molecule has 3 aromatic rings. The number of nitrogens with one attached hydrogen (secondary N) is 1. The third-order valence-electron chi connectivity index (χ3n) is 5.89. The molecule has 0 aromatic heterocycles. The first-order valence-electron chi connectivity index (χ1n) is 9.76. The average molecular weight is 373 g/mol. The van der Waals surface area contributed by atoms with E-state index in [1.165, 1.54) is 6.92 Å². The maximum atomic E-state index is 13.4. The molecule has 1 aliphatic carbocycles. The highest BCUT2D eigenvalue weighted by Gasteiger charge is 2.48. The van der Waals surface area contributed by atoms with Crippen molar-refractivity contribution in [1.82, 2.24) is 0 Å². The van der Waals surface area contributed by atoms with Gasteiger partial charge in [-0.05, 0) is 43.0 Å². The topological polar surface area (TPSA) is 63.2 Å². The summed E-state index contributed by atoms with van der Waals surface area (Å²) >= 11 is 0. The van der Waals surface area contributed by atoms with Gasteiger partial charge in [-0.25, -0.2) is 0 Å². The highest BCUT2D eigenvalue weighted by molar-refractivity contribution is 6.19. The third kappa shape index (κ3) is 3.09. The smallest absolute Gasteiger partial charge is 0.238 e. The molecule has 0 spiro atoms. The van der Waals surface area contributed by atoms with E-state index in [2.05, 4.69) is 11.4 Å². The molecule has 1 fully saturated rings. The molecule has 0 radical (unpaired) electrons. The van der Waals surface area contributed by atoms with Gasteiger partial charge in [-0.2, -0.15) is 0 Å². The molecule has 4 heteroatoms. The molecule has 0 unspecified atom stereocenters. The molecule has 0 aliphatic heterocycles. The van der Waals surface area contributed by atoms with Gasteiger partial charge < -0.3 is 10.1 Å². The monoisotopic (exact) mass is 373 g/mol. The number of Topliss-reactive ketones (excluding diaryl/α,β-unsaturated/α-hetero) is 2. The van der Waals surface area contributed by atoms with Crippen molar-refractivity contribution in [3.63, 3.8) is 0 Å². The lowest BCUT2D eigenvalue weighted by Gasteiger charge is -2.26. The Balaban J connectivity index is 1.80. The fourth-order valence-electron chi connectivity index (χ4n) is 4.32. The van der Waals surface area contributed by atoms with Crippen LogP contribution in [0.25, 0.3) is 21.5 Å². The van der Waals surface area contributed by atoms with Gasteiger partial charge >= 0.3 is 0 Å². The molecule has 0 heterocycles. The fraction of sp³-hybridized carbons (Fsp3) is 0.292. The lowest BCUT2D eigenvalue weighted by atomic mass is 9.79. The fourth-order valence-corrected chi connectivity index (χ4v) is 4.32. The van der Waals surface area contributed by atoms with E-state index in [0.29, 0.717) is 19.3 Å². The lowest BCUT2D eigenvalue weighted by Crippen LogP contribution is -2.40. The standard InChI is InChI=1S/C24H23NO3/c1-16(26)12-14-24(13-6-11-21(24)27)23(28)25-22-19-9-4-2-7-17(19)15-18-8-3-5-10-20(18)22/h2-5,7-10,15H,6,11-14H2,1H3,(H,25,28)/t24-/m0/s1. The Labute approximate surface area is 163 Å². The van der Waals surface area contributed by atoms with Gasteiger partial charge in [0.2, 0.25) is 5.91 Å². The second-order valence-corrected chi connectivity index (χ2v) is 7.71. The molecule has 0 saturated heterocycles. The van der Waals surface area contributed by atoms with Crippen molar-refractivity contribution in [2.75, 3.05) is 5.32 Å². The van der Waals surface area contributed by atoms with Gasteiger partial charge in [-0.3, -0.25) is 9.59 Å². The van der Waals surface area contributed by atoms with Crippen LogP contribution >= 0.6 is 0 Å². The van der Waals surface area contributed by atoms with Crippen molar-refractivity contribution in [3.05, 3.63) is 54.6 Å². The maximum absolute atomic E-state index is 13.4. The summed E-state index contributed by atoms with van der Waals surface area (Å²) in [5, 5.41) is 7.05.